The lowest BCUT2D eigenvalue weighted by Crippen LogP contribution is -2.42. The van der Waals surface area contributed by atoms with E-state index in [1.807, 2.05) is 7.05 Å². The number of halogens is 3. The second-order valence-corrected chi connectivity index (χ2v) is 3.88. The van der Waals surface area contributed by atoms with E-state index in [2.05, 4.69) is 10.1 Å². The number of hydrogen-bond donors (Lipinski definition) is 1. The molecular weight excluding hydrogens is 223 g/mol. The topological polar surface area (TPSA) is 30.5 Å². The molecule has 2 atom stereocenters. The molecule has 6 heteroatoms. The smallest absolute Gasteiger partial charge is 0.374 e. The third-order valence-corrected chi connectivity index (χ3v) is 2.75. The number of nitrogens with one attached hydrogen (secondary N) is 1. The van der Waals surface area contributed by atoms with Gasteiger partial charge in [0.15, 0.2) is 0 Å². The zero-order valence-corrected chi connectivity index (χ0v) is 9.35. The van der Waals surface area contributed by atoms with Crippen molar-refractivity contribution in [2.75, 3.05) is 20.3 Å². The van der Waals surface area contributed by atoms with E-state index in [1.54, 1.807) is 0 Å². The second kappa shape index (κ2) is 6.42. The summed E-state index contributed by atoms with van der Waals surface area (Å²) in [7, 11) is 1.85. The molecule has 16 heavy (non-hydrogen) atoms. The summed E-state index contributed by atoms with van der Waals surface area (Å²) in [5.74, 6) is 0. The minimum Gasteiger partial charge on any atom is -0.374 e. The number of rotatable bonds is 5. The molecule has 0 bridgehead atoms. The van der Waals surface area contributed by atoms with Crippen LogP contribution in [0.25, 0.3) is 0 Å². The minimum atomic E-state index is -4.56. The first-order valence-electron chi connectivity index (χ1n) is 5.52. The molecule has 1 aliphatic rings. The van der Waals surface area contributed by atoms with Crippen LogP contribution < -0.4 is 5.32 Å². The molecular formula is C10H18F3NO2. The van der Waals surface area contributed by atoms with Gasteiger partial charge in [-0.2, -0.15) is 0 Å². The molecule has 1 saturated carbocycles. The molecule has 1 aliphatic carbocycles. The summed E-state index contributed by atoms with van der Waals surface area (Å²) in [6.07, 6.45) is -0.416. The molecule has 0 radical (unpaired) electrons. The lowest BCUT2D eigenvalue weighted by atomic mass is 9.92. The molecule has 1 N–H and O–H groups in total. The van der Waals surface area contributed by atoms with Crippen molar-refractivity contribution in [2.45, 2.75) is 44.2 Å². The van der Waals surface area contributed by atoms with E-state index < -0.39 is 13.0 Å². The largest absolute Gasteiger partial charge is 0.522 e. The zero-order valence-electron chi connectivity index (χ0n) is 9.35. The summed E-state index contributed by atoms with van der Waals surface area (Å²) in [4.78, 5) is 0. The normalized spacial score (nSPS) is 27.0. The van der Waals surface area contributed by atoms with E-state index >= 15 is 0 Å². The van der Waals surface area contributed by atoms with Crippen molar-refractivity contribution in [3.8, 4) is 0 Å². The first kappa shape index (κ1) is 13.7. The standard InChI is InChI=1S/C10H18F3NO2/c1-14-8-4-2-3-5-9(8)15-6-7-16-10(11,12)13/h8-9,14H,2-7H2,1H3. The molecule has 0 aromatic rings. The van der Waals surface area contributed by atoms with Gasteiger partial charge in [-0.3, -0.25) is 4.74 Å². The Morgan fingerprint density at radius 2 is 1.88 bits per heavy atom. The van der Waals surface area contributed by atoms with Gasteiger partial charge in [0, 0.05) is 6.04 Å². The number of hydrogen-bond acceptors (Lipinski definition) is 3. The van der Waals surface area contributed by atoms with Crippen LogP contribution in [0.5, 0.6) is 0 Å². The fourth-order valence-electron chi connectivity index (χ4n) is 1.98. The van der Waals surface area contributed by atoms with E-state index in [4.69, 9.17) is 4.74 Å². The highest BCUT2D eigenvalue weighted by Crippen LogP contribution is 2.21. The molecule has 0 heterocycles. The van der Waals surface area contributed by atoms with Gasteiger partial charge in [0.1, 0.15) is 0 Å². The summed E-state index contributed by atoms with van der Waals surface area (Å²) < 4.78 is 44.1. The quantitative estimate of drug-likeness (QED) is 0.747. The van der Waals surface area contributed by atoms with Crippen LogP contribution in [-0.2, 0) is 9.47 Å². The molecule has 0 aromatic carbocycles. The van der Waals surface area contributed by atoms with Crippen molar-refractivity contribution < 1.29 is 22.6 Å². The summed E-state index contributed by atoms with van der Waals surface area (Å²) in [6.45, 7) is -0.446. The lowest BCUT2D eigenvalue weighted by Gasteiger charge is -2.31. The highest BCUT2D eigenvalue weighted by molar-refractivity contribution is 4.80. The van der Waals surface area contributed by atoms with Crippen molar-refractivity contribution in [1.82, 2.24) is 5.32 Å². The molecule has 0 saturated heterocycles. The maximum Gasteiger partial charge on any atom is 0.522 e. The van der Waals surface area contributed by atoms with E-state index in [1.165, 1.54) is 0 Å². The second-order valence-electron chi connectivity index (χ2n) is 3.88. The van der Waals surface area contributed by atoms with Crippen LogP contribution in [0.1, 0.15) is 25.7 Å². The highest BCUT2D eigenvalue weighted by Gasteiger charge is 2.29. The van der Waals surface area contributed by atoms with E-state index in [0.717, 1.165) is 25.7 Å². The molecule has 3 nitrogen and oxygen atoms in total. The SMILES string of the molecule is CNC1CCCCC1OCCOC(F)(F)F. The number of alkyl halides is 3. The Hall–Kier alpha value is -0.330. The molecule has 0 aliphatic heterocycles. The first-order chi connectivity index (χ1) is 7.53. The summed E-state index contributed by atoms with van der Waals surface area (Å²) in [5.41, 5.74) is 0. The molecule has 96 valence electrons. The number of ether oxygens (including phenoxy) is 2. The average molecular weight is 241 g/mol. The van der Waals surface area contributed by atoms with Crippen molar-refractivity contribution in [1.29, 1.82) is 0 Å². The Bertz CT molecular complexity index is 199. The molecule has 1 fully saturated rings. The summed E-state index contributed by atoms with van der Waals surface area (Å²) in [5, 5.41) is 3.12. The Morgan fingerprint density at radius 1 is 1.19 bits per heavy atom. The van der Waals surface area contributed by atoms with Crippen LogP contribution in [0.4, 0.5) is 13.2 Å². The van der Waals surface area contributed by atoms with Gasteiger partial charge >= 0.3 is 6.36 Å². The maximum absolute atomic E-state index is 11.7. The zero-order chi connectivity index (χ0) is 12.0. The molecule has 2 unspecified atom stereocenters. The van der Waals surface area contributed by atoms with Gasteiger partial charge in [-0.15, -0.1) is 13.2 Å². The van der Waals surface area contributed by atoms with Crippen LogP contribution in [-0.4, -0.2) is 38.8 Å². The van der Waals surface area contributed by atoms with Gasteiger partial charge < -0.3 is 10.1 Å². The van der Waals surface area contributed by atoms with Crippen LogP contribution >= 0.6 is 0 Å². The Balaban J connectivity index is 2.15. The summed E-state index contributed by atoms with van der Waals surface area (Å²) in [6, 6.07) is 0.250. The van der Waals surface area contributed by atoms with Crippen LogP contribution in [0.15, 0.2) is 0 Å². The molecule has 0 amide bonds. The van der Waals surface area contributed by atoms with Crippen LogP contribution in [0.2, 0.25) is 0 Å². The van der Waals surface area contributed by atoms with E-state index in [-0.39, 0.29) is 18.8 Å². The van der Waals surface area contributed by atoms with Gasteiger partial charge in [-0.05, 0) is 19.9 Å². The van der Waals surface area contributed by atoms with Crippen molar-refractivity contribution >= 4 is 0 Å². The Labute approximate surface area is 93.3 Å². The lowest BCUT2D eigenvalue weighted by molar-refractivity contribution is -0.327. The van der Waals surface area contributed by atoms with Gasteiger partial charge in [0.2, 0.25) is 0 Å². The van der Waals surface area contributed by atoms with Crippen molar-refractivity contribution in [3.63, 3.8) is 0 Å². The van der Waals surface area contributed by atoms with E-state index in [0.29, 0.717) is 0 Å². The third-order valence-electron chi connectivity index (χ3n) is 2.75. The molecule has 1 rings (SSSR count). The number of likely N-dealkylation sites (N-methyl/N-ethyl adjacent to an activating group) is 1. The van der Waals surface area contributed by atoms with Crippen molar-refractivity contribution in [3.05, 3.63) is 0 Å². The van der Waals surface area contributed by atoms with Gasteiger partial charge in [0.05, 0.1) is 19.3 Å². The fourth-order valence-corrected chi connectivity index (χ4v) is 1.98. The average Bonchev–Trinajstić information content (AvgIpc) is 2.23. The fraction of sp³-hybridized carbons (Fsp3) is 1.00. The maximum atomic E-state index is 11.7. The molecule has 0 aromatic heterocycles. The van der Waals surface area contributed by atoms with Crippen molar-refractivity contribution in [2.24, 2.45) is 0 Å². The predicted molar refractivity (Wildman–Crippen MR) is 53.1 cm³/mol. The highest BCUT2D eigenvalue weighted by atomic mass is 19.4. The first-order valence-corrected chi connectivity index (χ1v) is 5.52. The Morgan fingerprint density at radius 3 is 2.50 bits per heavy atom. The monoisotopic (exact) mass is 241 g/mol. The Kier molecular flexibility index (Phi) is 5.51. The van der Waals surface area contributed by atoms with Gasteiger partial charge in [-0.1, -0.05) is 12.8 Å². The van der Waals surface area contributed by atoms with Crippen LogP contribution in [0.3, 0.4) is 0 Å². The molecule has 0 spiro atoms. The van der Waals surface area contributed by atoms with Gasteiger partial charge in [0.25, 0.3) is 0 Å². The van der Waals surface area contributed by atoms with Gasteiger partial charge in [-0.25, -0.2) is 0 Å². The third kappa shape index (κ3) is 5.14. The van der Waals surface area contributed by atoms with E-state index in [9.17, 15) is 13.2 Å². The summed E-state index contributed by atoms with van der Waals surface area (Å²) >= 11 is 0. The minimum absolute atomic E-state index is 0.00980. The predicted octanol–water partition coefficient (Wildman–Crippen LogP) is 2.07. The van der Waals surface area contributed by atoms with Crippen LogP contribution in [0, 0.1) is 0 Å².